The number of benzene rings is 2. The first-order valence-corrected chi connectivity index (χ1v) is 8.92. The van der Waals surface area contributed by atoms with Gasteiger partial charge >= 0.3 is 0 Å². The molecule has 1 aliphatic rings. The molecule has 0 bridgehead atoms. The van der Waals surface area contributed by atoms with Gasteiger partial charge in [0.1, 0.15) is 0 Å². The van der Waals surface area contributed by atoms with E-state index in [0.29, 0.717) is 5.92 Å². The second-order valence-corrected chi connectivity index (χ2v) is 6.59. The van der Waals surface area contributed by atoms with E-state index in [1.54, 1.807) is 0 Å². The predicted molar refractivity (Wildman–Crippen MR) is 104 cm³/mol. The summed E-state index contributed by atoms with van der Waals surface area (Å²) in [4.78, 5) is 7.67. The van der Waals surface area contributed by atoms with E-state index in [9.17, 15) is 0 Å². The highest BCUT2D eigenvalue weighted by molar-refractivity contribution is 5.83. The number of hydrogen-bond donors (Lipinski definition) is 3. The number of hydrogen-bond acceptors (Lipinski definition) is 1. The number of fused-ring (bicyclic) bond motifs is 2. The summed E-state index contributed by atoms with van der Waals surface area (Å²) in [5, 5.41) is 8.19. The van der Waals surface area contributed by atoms with Crippen molar-refractivity contribution in [3.63, 3.8) is 0 Å². The van der Waals surface area contributed by atoms with Crippen LogP contribution >= 0.6 is 0 Å². The molecule has 0 saturated heterocycles. The van der Waals surface area contributed by atoms with Gasteiger partial charge in [0.2, 0.25) is 0 Å². The molecule has 0 aliphatic heterocycles. The SMILES string of the molecule is CN=C(NCCc1c[nH]c2ccccc12)NCC1Cc2ccccc21. The van der Waals surface area contributed by atoms with Gasteiger partial charge in [-0.1, -0.05) is 42.5 Å². The van der Waals surface area contributed by atoms with Crippen molar-refractivity contribution in [1.82, 2.24) is 15.6 Å². The maximum atomic E-state index is 4.34. The lowest BCUT2D eigenvalue weighted by Crippen LogP contribution is -2.41. The molecule has 1 atom stereocenters. The molecule has 1 aliphatic carbocycles. The van der Waals surface area contributed by atoms with Gasteiger partial charge in [-0.05, 0) is 35.6 Å². The van der Waals surface area contributed by atoms with E-state index in [0.717, 1.165) is 31.9 Å². The van der Waals surface area contributed by atoms with Crippen LogP contribution in [0.25, 0.3) is 10.9 Å². The zero-order valence-corrected chi connectivity index (χ0v) is 14.5. The molecule has 2 aromatic carbocycles. The van der Waals surface area contributed by atoms with Crippen LogP contribution in [0.3, 0.4) is 0 Å². The van der Waals surface area contributed by atoms with Crippen molar-refractivity contribution >= 4 is 16.9 Å². The first kappa shape index (κ1) is 15.8. The molecule has 0 saturated carbocycles. The fourth-order valence-corrected chi connectivity index (χ4v) is 3.64. The van der Waals surface area contributed by atoms with Crippen molar-refractivity contribution in [1.29, 1.82) is 0 Å². The first-order chi connectivity index (χ1) is 12.3. The van der Waals surface area contributed by atoms with Crippen molar-refractivity contribution in [3.05, 3.63) is 71.4 Å². The molecule has 3 N–H and O–H groups in total. The van der Waals surface area contributed by atoms with Gasteiger partial charge in [-0.3, -0.25) is 4.99 Å². The maximum Gasteiger partial charge on any atom is 0.191 e. The second kappa shape index (κ2) is 7.01. The Morgan fingerprint density at radius 1 is 1.12 bits per heavy atom. The zero-order chi connectivity index (χ0) is 17.1. The van der Waals surface area contributed by atoms with Crippen LogP contribution in [0.1, 0.15) is 22.6 Å². The number of para-hydroxylation sites is 1. The molecule has 3 aromatic rings. The van der Waals surface area contributed by atoms with Crippen LogP contribution in [0.15, 0.2) is 59.7 Å². The largest absolute Gasteiger partial charge is 0.361 e. The minimum Gasteiger partial charge on any atom is -0.361 e. The van der Waals surface area contributed by atoms with E-state index in [1.165, 1.54) is 27.6 Å². The van der Waals surface area contributed by atoms with E-state index in [1.807, 2.05) is 7.05 Å². The summed E-state index contributed by atoms with van der Waals surface area (Å²) in [5.41, 5.74) is 5.50. The number of guanidine groups is 1. The average Bonchev–Trinajstić information content (AvgIpc) is 3.04. The molecule has 0 spiro atoms. The quantitative estimate of drug-likeness (QED) is 0.496. The fraction of sp³-hybridized carbons (Fsp3) is 0.286. The molecule has 25 heavy (non-hydrogen) atoms. The van der Waals surface area contributed by atoms with Crippen molar-refractivity contribution in [2.24, 2.45) is 4.99 Å². The lowest BCUT2D eigenvalue weighted by atomic mass is 9.78. The van der Waals surface area contributed by atoms with Gasteiger partial charge in [-0.25, -0.2) is 0 Å². The Hall–Kier alpha value is -2.75. The molecule has 1 unspecified atom stereocenters. The van der Waals surface area contributed by atoms with Gasteiger partial charge in [0.25, 0.3) is 0 Å². The van der Waals surface area contributed by atoms with Crippen molar-refractivity contribution in [2.45, 2.75) is 18.8 Å². The minimum atomic E-state index is 0.600. The van der Waals surface area contributed by atoms with Crippen molar-refractivity contribution < 1.29 is 0 Å². The Morgan fingerprint density at radius 3 is 2.84 bits per heavy atom. The highest BCUT2D eigenvalue weighted by atomic mass is 15.2. The molecule has 4 heteroatoms. The number of nitrogens with zero attached hydrogens (tertiary/aromatic N) is 1. The van der Waals surface area contributed by atoms with Gasteiger partial charge in [-0.2, -0.15) is 0 Å². The predicted octanol–water partition coefficient (Wildman–Crippen LogP) is 3.22. The zero-order valence-electron chi connectivity index (χ0n) is 14.5. The Labute approximate surface area is 148 Å². The summed E-state index contributed by atoms with van der Waals surface area (Å²) in [6.07, 6.45) is 4.24. The molecule has 4 rings (SSSR count). The molecular weight excluding hydrogens is 308 g/mol. The normalized spacial score (nSPS) is 16.4. The summed E-state index contributed by atoms with van der Waals surface area (Å²) < 4.78 is 0. The molecular formula is C21H24N4. The van der Waals surface area contributed by atoms with Crippen LogP contribution in [0.2, 0.25) is 0 Å². The number of rotatable bonds is 5. The third-order valence-corrected chi connectivity index (χ3v) is 5.06. The van der Waals surface area contributed by atoms with Crippen LogP contribution in [0.4, 0.5) is 0 Å². The van der Waals surface area contributed by atoms with Crippen LogP contribution in [0.5, 0.6) is 0 Å². The van der Waals surface area contributed by atoms with E-state index < -0.39 is 0 Å². The highest BCUT2D eigenvalue weighted by Crippen LogP contribution is 2.33. The van der Waals surface area contributed by atoms with Crippen LogP contribution in [-0.2, 0) is 12.8 Å². The molecule has 0 radical (unpaired) electrons. The standard InChI is InChI=1S/C21H24N4/c1-22-21(25-14-17-12-15-6-2-3-7-18(15)17)23-11-10-16-13-24-20-9-5-4-8-19(16)20/h2-9,13,17,24H,10-12,14H2,1H3,(H2,22,23,25). The summed E-state index contributed by atoms with van der Waals surface area (Å²) in [7, 11) is 1.83. The third kappa shape index (κ3) is 3.25. The summed E-state index contributed by atoms with van der Waals surface area (Å²) in [6.45, 7) is 1.80. The lowest BCUT2D eigenvalue weighted by Gasteiger charge is -2.30. The van der Waals surface area contributed by atoms with Gasteiger partial charge in [0, 0.05) is 43.2 Å². The van der Waals surface area contributed by atoms with E-state index in [4.69, 9.17) is 0 Å². The number of nitrogens with one attached hydrogen (secondary N) is 3. The van der Waals surface area contributed by atoms with E-state index >= 15 is 0 Å². The van der Waals surface area contributed by atoms with Crippen LogP contribution in [0, 0.1) is 0 Å². The van der Waals surface area contributed by atoms with Gasteiger partial charge in [0.05, 0.1) is 0 Å². The lowest BCUT2D eigenvalue weighted by molar-refractivity contribution is 0.584. The third-order valence-electron chi connectivity index (χ3n) is 5.06. The summed E-state index contributed by atoms with van der Waals surface area (Å²) in [6, 6.07) is 17.1. The summed E-state index contributed by atoms with van der Waals surface area (Å²) >= 11 is 0. The van der Waals surface area contributed by atoms with Crippen LogP contribution < -0.4 is 10.6 Å². The first-order valence-electron chi connectivity index (χ1n) is 8.92. The topological polar surface area (TPSA) is 52.2 Å². The Kier molecular flexibility index (Phi) is 4.42. The van der Waals surface area contributed by atoms with Crippen molar-refractivity contribution in [2.75, 3.05) is 20.1 Å². The van der Waals surface area contributed by atoms with Gasteiger partial charge in [-0.15, -0.1) is 0 Å². The molecule has 128 valence electrons. The van der Waals surface area contributed by atoms with Gasteiger partial charge in [0.15, 0.2) is 5.96 Å². The molecule has 0 fully saturated rings. The van der Waals surface area contributed by atoms with E-state index in [-0.39, 0.29) is 0 Å². The number of H-pyrrole nitrogens is 1. The average molecular weight is 332 g/mol. The Morgan fingerprint density at radius 2 is 1.96 bits per heavy atom. The Balaban J connectivity index is 1.27. The van der Waals surface area contributed by atoms with Crippen molar-refractivity contribution in [3.8, 4) is 0 Å². The minimum absolute atomic E-state index is 0.600. The molecule has 4 nitrogen and oxygen atoms in total. The van der Waals surface area contributed by atoms with Crippen LogP contribution in [-0.4, -0.2) is 31.1 Å². The highest BCUT2D eigenvalue weighted by Gasteiger charge is 2.25. The molecule has 1 aromatic heterocycles. The smallest absolute Gasteiger partial charge is 0.191 e. The van der Waals surface area contributed by atoms with Gasteiger partial charge < -0.3 is 15.6 Å². The number of aromatic nitrogens is 1. The fourth-order valence-electron chi connectivity index (χ4n) is 3.64. The second-order valence-electron chi connectivity index (χ2n) is 6.59. The molecule has 0 amide bonds. The molecule has 1 heterocycles. The monoisotopic (exact) mass is 332 g/mol. The Bertz CT molecular complexity index is 894. The maximum absolute atomic E-state index is 4.34. The van der Waals surface area contributed by atoms with E-state index in [2.05, 4.69) is 75.3 Å². The number of aromatic amines is 1. The number of aliphatic imine (C=N–C) groups is 1. The summed E-state index contributed by atoms with van der Waals surface area (Å²) in [5.74, 6) is 1.48.